The molecule has 0 bridgehead atoms. The standard InChI is InChI=1S/C9H13N5O5/c1-4-12-7(19-14-4)3-11-9(18)13-5(8(16)17)2-6(10)15/h5H,2-3H2,1H3,(H2,10,15)(H,16,17)(H2,11,13,18). The molecule has 19 heavy (non-hydrogen) atoms. The molecule has 1 aromatic heterocycles. The lowest BCUT2D eigenvalue weighted by Gasteiger charge is -2.12. The third kappa shape index (κ3) is 5.02. The maximum Gasteiger partial charge on any atom is 0.326 e. The lowest BCUT2D eigenvalue weighted by atomic mass is 10.2. The number of hydrogen-bond donors (Lipinski definition) is 4. The first kappa shape index (κ1) is 14.4. The van der Waals surface area contributed by atoms with Crippen molar-refractivity contribution >= 4 is 17.9 Å². The summed E-state index contributed by atoms with van der Waals surface area (Å²) in [7, 11) is 0. The van der Waals surface area contributed by atoms with Crippen LogP contribution in [0.2, 0.25) is 0 Å². The molecule has 1 atom stereocenters. The van der Waals surface area contributed by atoms with Crippen molar-refractivity contribution in [2.45, 2.75) is 25.9 Å². The molecule has 0 aromatic carbocycles. The molecule has 0 spiro atoms. The second-order valence-electron chi connectivity index (χ2n) is 3.62. The van der Waals surface area contributed by atoms with Crippen LogP contribution in [0.15, 0.2) is 4.52 Å². The molecule has 0 aliphatic rings. The van der Waals surface area contributed by atoms with Crippen molar-refractivity contribution in [3.63, 3.8) is 0 Å². The Bertz CT molecular complexity index is 485. The lowest BCUT2D eigenvalue weighted by Crippen LogP contribution is -2.47. The average molecular weight is 271 g/mol. The number of aromatic nitrogens is 2. The van der Waals surface area contributed by atoms with E-state index in [0.29, 0.717) is 5.82 Å². The number of primary amides is 1. The summed E-state index contributed by atoms with van der Waals surface area (Å²) in [6.07, 6.45) is -0.498. The Morgan fingerprint density at radius 2 is 2.16 bits per heavy atom. The summed E-state index contributed by atoms with van der Waals surface area (Å²) < 4.78 is 4.74. The number of hydrogen-bond acceptors (Lipinski definition) is 6. The first-order valence-corrected chi connectivity index (χ1v) is 5.23. The van der Waals surface area contributed by atoms with Crippen LogP contribution in [0.4, 0.5) is 4.79 Å². The summed E-state index contributed by atoms with van der Waals surface area (Å²) in [5.74, 6) is -1.61. The molecule has 104 valence electrons. The zero-order valence-electron chi connectivity index (χ0n) is 10.0. The third-order valence-electron chi connectivity index (χ3n) is 1.98. The van der Waals surface area contributed by atoms with Crippen molar-refractivity contribution in [3.05, 3.63) is 11.7 Å². The molecule has 0 fully saturated rings. The number of carbonyl (C=O) groups is 3. The maximum atomic E-state index is 11.4. The van der Waals surface area contributed by atoms with E-state index in [1.54, 1.807) is 6.92 Å². The van der Waals surface area contributed by atoms with Crippen LogP contribution in [-0.4, -0.2) is 39.2 Å². The van der Waals surface area contributed by atoms with Crippen molar-refractivity contribution in [2.24, 2.45) is 5.73 Å². The normalized spacial score (nSPS) is 11.6. The number of aryl methyl sites for hydroxylation is 1. The van der Waals surface area contributed by atoms with E-state index in [0.717, 1.165) is 0 Å². The summed E-state index contributed by atoms with van der Waals surface area (Å²) in [5, 5.41) is 16.7. The van der Waals surface area contributed by atoms with Crippen LogP contribution in [0.3, 0.4) is 0 Å². The van der Waals surface area contributed by atoms with Crippen molar-refractivity contribution in [2.75, 3.05) is 0 Å². The first-order valence-electron chi connectivity index (χ1n) is 5.23. The Balaban J connectivity index is 2.44. The van der Waals surface area contributed by atoms with E-state index in [-0.39, 0.29) is 12.4 Å². The van der Waals surface area contributed by atoms with Gasteiger partial charge in [-0.15, -0.1) is 0 Å². The summed E-state index contributed by atoms with van der Waals surface area (Å²) >= 11 is 0. The highest BCUT2D eigenvalue weighted by molar-refractivity contribution is 5.87. The fraction of sp³-hybridized carbons (Fsp3) is 0.444. The lowest BCUT2D eigenvalue weighted by molar-refractivity contribution is -0.140. The van der Waals surface area contributed by atoms with Crippen LogP contribution >= 0.6 is 0 Å². The molecule has 10 heteroatoms. The number of carboxylic acid groups (broad SMARTS) is 1. The van der Waals surface area contributed by atoms with E-state index in [4.69, 9.17) is 15.4 Å². The Hall–Kier alpha value is -2.65. The fourth-order valence-corrected chi connectivity index (χ4v) is 1.18. The summed E-state index contributed by atoms with van der Waals surface area (Å²) in [4.78, 5) is 36.6. The number of aliphatic carboxylic acids is 1. The van der Waals surface area contributed by atoms with Crippen LogP contribution in [0, 0.1) is 6.92 Å². The zero-order valence-corrected chi connectivity index (χ0v) is 10.0. The highest BCUT2D eigenvalue weighted by Gasteiger charge is 2.22. The highest BCUT2D eigenvalue weighted by atomic mass is 16.5. The predicted octanol–water partition coefficient (Wildman–Crippen LogP) is -1.49. The largest absolute Gasteiger partial charge is 0.480 e. The van der Waals surface area contributed by atoms with E-state index >= 15 is 0 Å². The minimum atomic E-state index is -1.39. The van der Waals surface area contributed by atoms with Gasteiger partial charge in [-0.2, -0.15) is 4.98 Å². The fourth-order valence-electron chi connectivity index (χ4n) is 1.18. The van der Waals surface area contributed by atoms with Crippen LogP contribution < -0.4 is 16.4 Å². The van der Waals surface area contributed by atoms with Gasteiger partial charge in [-0.3, -0.25) is 4.79 Å². The Labute approximate surface area is 107 Å². The second-order valence-corrected chi connectivity index (χ2v) is 3.62. The monoisotopic (exact) mass is 271 g/mol. The summed E-state index contributed by atoms with van der Waals surface area (Å²) in [5.41, 5.74) is 4.87. The second kappa shape index (κ2) is 6.33. The Morgan fingerprint density at radius 1 is 1.47 bits per heavy atom. The van der Waals surface area contributed by atoms with Crippen molar-refractivity contribution in [3.8, 4) is 0 Å². The summed E-state index contributed by atoms with van der Waals surface area (Å²) in [6, 6.07) is -2.17. The molecule has 0 saturated heterocycles. The highest BCUT2D eigenvalue weighted by Crippen LogP contribution is 1.95. The molecule has 1 heterocycles. The van der Waals surface area contributed by atoms with Gasteiger partial charge in [0.2, 0.25) is 11.8 Å². The number of carbonyl (C=O) groups excluding carboxylic acids is 2. The molecule has 0 saturated carbocycles. The third-order valence-corrected chi connectivity index (χ3v) is 1.98. The van der Waals surface area contributed by atoms with E-state index in [1.165, 1.54) is 0 Å². The average Bonchev–Trinajstić information content (AvgIpc) is 2.71. The van der Waals surface area contributed by atoms with Crippen LogP contribution in [-0.2, 0) is 16.1 Å². The first-order chi connectivity index (χ1) is 8.88. The van der Waals surface area contributed by atoms with Gasteiger partial charge < -0.3 is 26.0 Å². The topological polar surface area (TPSA) is 160 Å². The van der Waals surface area contributed by atoms with Gasteiger partial charge >= 0.3 is 12.0 Å². The molecule has 1 unspecified atom stereocenters. The molecular weight excluding hydrogens is 258 g/mol. The van der Waals surface area contributed by atoms with Gasteiger partial charge in [0.25, 0.3) is 0 Å². The van der Waals surface area contributed by atoms with Crippen LogP contribution in [0.25, 0.3) is 0 Å². The van der Waals surface area contributed by atoms with Gasteiger partial charge in [-0.25, -0.2) is 9.59 Å². The number of rotatable bonds is 6. The number of carboxylic acids is 1. The number of nitrogens with two attached hydrogens (primary N) is 1. The molecule has 0 radical (unpaired) electrons. The van der Waals surface area contributed by atoms with Gasteiger partial charge in [0, 0.05) is 0 Å². The quantitative estimate of drug-likeness (QED) is 0.489. The minimum Gasteiger partial charge on any atom is -0.480 e. The number of amides is 3. The smallest absolute Gasteiger partial charge is 0.326 e. The van der Waals surface area contributed by atoms with Crippen molar-refractivity contribution in [1.29, 1.82) is 0 Å². The van der Waals surface area contributed by atoms with E-state index < -0.39 is 30.4 Å². The maximum absolute atomic E-state index is 11.4. The zero-order chi connectivity index (χ0) is 14.4. The van der Waals surface area contributed by atoms with Crippen molar-refractivity contribution in [1.82, 2.24) is 20.8 Å². The molecule has 10 nitrogen and oxygen atoms in total. The van der Waals surface area contributed by atoms with Crippen LogP contribution in [0.5, 0.6) is 0 Å². The molecule has 5 N–H and O–H groups in total. The molecule has 1 rings (SSSR count). The van der Waals surface area contributed by atoms with E-state index in [1.807, 2.05) is 0 Å². The molecule has 0 aliphatic carbocycles. The molecular formula is C9H13N5O5. The Kier molecular flexibility index (Phi) is 4.80. The Morgan fingerprint density at radius 3 is 2.63 bits per heavy atom. The van der Waals surface area contributed by atoms with Gasteiger partial charge in [0.15, 0.2) is 5.82 Å². The van der Waals surface area contributed by atoms with Gasteiger partial charge in [0.05, 0.1) is 13.0 Å². The van der Waals surface area contributed by atoms with E-state index in [9.17, 15) is 14.4 Å². The molecule has 0 aliphatic heterocycles. The van der Waals surface area contributed by atoms with Gasteiger partial charge in [-0.1, -0.05) is 5.16 Å². The molecule has 1 aromatic rings. The van der Waals surface area contributed by atoms with Crippen molar-refractivity contribution < 1.29 is 24.0 Å². The number of nitrogens with one attached hydrogen (secondary N) is 2. The summed E-state index contributed by atoms with van der Waals surface area (Å²) in [6.45, 7) is 1.55. The minimum absolute atomic E-state index is 0.0599. The SMILES string of the molecule is Cc1noc(CNC(=O)NC(CC(N)=O)C(=O)O)n1. The van der Waals surface area contributed by atoms with E-state index in [2.05, 4.69) is 20.8 Å². The van der Waals surface area contributed by atoms with Gasteiger partial charge in [-0.05, 0) is 6.92 Å². The number of urea groups is 1. The van der Waals surface area contributed by atoms with Gasteiger partial charge in [0.1, 0.15) is 6.04 Å². The predicted molar refractivity (Wildman–Crippen MR) is 59.6 cm³/mol. The number of nitrogens with zero attached hydrogens (tertiary/aromatic N) is 2. The van der Waals surface area contributed by atoms with Crippen LogP contribution in [0.1, 0.15) is 18.1 Å². The molecule has 3 amide bonds.